The molecule has 3 fully saturated rings. The third-order valence-corrected chi connectivity index (χ3v) is 8.30. The SMILES string of the molecule is CCOC(=O)[C@H]1C2CCC(CC2)[C@@H]1Nc1nc(-c2c[nH]c3ncc(F)cc23)nc(-c2cccs2)c1F. The van der Waals surface area contributed by atoms with Crippen LogP contribution in [0.3, 0.4) is 0 Å². The van der Waals surface area contributed by atoms with Crippen molar-refractivity contribution in [3.8, 4) is 22.0 Å². The number of carbonyl (C=O) groups is 1. The van der Waals surface area contributed by atoms with Gasteiger partial charge in [0, 0.05) is 23.2 Å². The van der Waals surface area contributed by atoms with Gasteiger partial charge >= 0.3 is 5.97 Å². The van der Waals surface area contributed by atoms with Gasteiger partial charge in [0.25, 0.3) is 0 Å². The number of H-pyrrole nitrogens is 1. The van der Waals surface area contributed by atoms with Crippen molar-refractivity contribution >= 4 is 34.2 Å². The second-order valence-corrected chi connectivity index (χ2v) is 10.4. The average Bonchev–Trinajstić information content (AvgIpc) is 3.56. The molecule has 7 nitrogen and oxygen atoms in total. The maximum Gasteiger partial charge on any atom is 0.311 e. The van der Waals surface area contributed by atoms with Gasteiger partial charge in [0.1, 0.15) is 17.2 Å². The van der Waals surface area contributed by atoms with Gasteiger partial charge in [-0.1, -0.05) is 6.07 Å². The van der Waals surface area contributed by atoms with E-state index in [-0.39, 0.29) is 47.1 Å². The highest BCUT2D eigenvalue weighted by Gasteiger charge is 2.48. The van der Waals surface area contributed by atoms with Crippen molar-refractivity contribution in [3.63, 3.8) is 0 Å². The normalized spacial score (nSPS) is 23.2. The van der Waals surface area contributed by atoms with E-state index in [4.69, 9.17) is 4.74 Å². The first-order chi connectivity index (χ1) is 17.5. The number of aromatic amines is 1. The minimum Gasteiger partial charge on any atom is -0.466 e. The molecule has 36 heavy (non-hydrogen) atoms. The minimum atomic E-state index is -0.575. The Morgan fingerprint density at radius 3 is 2.78 bits per heavy atom. The van der Waals surface area contributed by atoms with Crippen molar-refractivity contribution in [1.82, 2.24) is 19.9 Å². The van der Waals surface area contributed by atoms with Crippen LogP contribution >= 0.6 is 11.3 Å². The van der Waals surface area contributed by atoms with Gasteiger partial charge in [-0.3, -0.25) is 4.79 Å². The average molecular weight is 510 g/mol. The predicted octanol–water partition coefficient (Wildman–Crippen LogP) is 5.81. The summed E-state index contributed by atoms with van der Waals surface area (Å²) in [7, 11) is 0. The van der Waals surface area contributed by atoms with Crippen LogP contribution in [0.2, 0.25) is 0 Å². The molecule has 0 spiro atoms. The number of anilines is 1. The third kappa shape index (κ3) is 3.93. The molecule has 2 N–H and O–H groups in total. The Labute approximate surface area is 210 Å². The molecule has 0 radical (unpaired) electrons. The summed E-state index contributed by atoms with van der Waals surface area (Å²) < 4.78 is 35.3. The Hall–Kier alpha value is -3.40. The number of nitrogens with zero attached hydrogens (tertiary/aromatic N) is 3. The highest BCUT2D eigenvalue weighted by Crippen LogP contribution is 2.47. The zero-order valence-corrected chi connectivity index (χ0v) is 20.4. The summed E-state index contributed by atoms with van der Waals surface area (Å²) in [5.74, 6) is -0.951. The number of esters is 1. The Balaban J connectivity index is 1.46. The summed E-state index contributed by atoms with van der Waals surface area (Å²) >= 11 is 1.37. The number of halogens is 2. The predicted molar refractivity (Wildman–Crippen MR) is 133 cm³/mol. The number of hydrogen-bond donors (Lipinski definition) is 2. The van der Waals surface area contributed by atoms with Gasteiger partial charge in [-0.25, -0.2) is 23.7 Å². The molecule has 10 heteroatoms. The fraction of sp³-hybridized carbons (Fsp3) is 0.385. The number of pyridine rings is 1. The lowest BCUT2D eigenvalue weighted by molar-refractivity contribution is -0.154. The van der Waals surface area contributed by atoms with E-state index >= 15 is 4.39 Å². The molecule has 3 aliphatic rings. The van der Waals surface area contributed by atoms with Gasteiger partial charge in [0.2, 0.25) is 0 Å². The first-order valence-electron chi connectivity index (χ1n) is 12.2. The number of ether oxygens (including phenoxy) is 1. The molecule has 4 aromatic heterocycles. The first-order valence-corrected chi connectivity index (χ1v) is 13.1. The van der Waals surface area contributed by atoms with Gasteiger partial charge in [0.15, 0.2) is 17.5 Å². The number of carbonyl (C=O) groups excluding carboxylic acids is 1. The summed E-state index contributed by atoms with van der Waals surface area (Å²) in [4.78, 5) is 29.8. The highest BCUT2D eigenvalue weighted by atomic mass is 32.1. The molecule has 2 bridgehead atoms. The summed E-state index contributed by atoms with van der Waals surface area (Å²) in [6, 6.07) is 4.70. The third-order valence-electron chi connectivity index (χ3n) is 7.43. The van der Waals surface area contributed by atoms with Crippen LogP contribution in [0.5, 0.6) is 0 Å². The summed E-state index contributed by atoms with van der Waals surface area (Å²) in [5, 5.41) is 5.67. The zero-order chi connectivity index (χ0) is 24.8. The summed E-state index contributed by atoms with van der Waals surface area (Å²) in [5.41, 5.74) is 1.16. The van der Waals surface area contributed by atoms with Crippen molar-refractivity contribution < 1.29 is 18.3 Å². The topological polar surface area (TPSA) is 92.8 Å². The molecule has 3 aliphatic carbocycles. The standard InChI is InChI=1S/C26H25F2N5O2S/c1-2-35-26(34)19-13-5-7-14(8-6-13)21(19)31-25-20(28)22(18-4-3-9-36-18)32-24(33-25)17-12-30-23-16(17)10-15(27)11-29-23/h3-4,9-14,19,21H,2,5-8H2,1H3,(H,29,30)(H,31,32,33)/t13?,14?,19-,21-/m0/s1. The molecule has 0 saturated heterocycles. The highest BCUT2D eigenvalue weighted by molar-refractivity contribution is 7.13. The Kier molecular flexibility index (Phi) is 5.91. The molecular formula is C26H25F2N5O2S. The second-order valence-electron chi connectivity index (χ2n) is 9.41. The Morgan fingerprint density at radius 1 is 1.22 bits per heavy atom. The van der Waals surface area contributed by atoms with Crippen molar-refractivity contribution in [1.29, 1.82) is 0 Å². The molecule has 2 atom stereocenters. The molecule has 0 amide bonds. The van der Waals surface area contributed by atoms with E-state index in [9.17, 15) is 9.18 Å². The number of nitrogens with one attached hydrogen (secondary N) is 2. The Morgan fingerprint density at radius 2 is 2.03 bits per heavy atom. The monoisotopic (exact) mass is 509 g/mol. The van der Waals surface area contributed by atoms with E-state index < -0.39 is 11.6 Å². The first kappa shape index (κ1) is 23.0. The van der Waals surface area contributed by atoms with Crippen LogP contribution in [0.1, 0.15) is 32.6 Å². The zero-order valence-electron chi connectivity index (χ0n) is 19.6. The van der Waals surface area contributed by atoms with E-state index in [0.29, 0.717) is 28.1 Å². The van der Waals surface area contributed by atoms with Crippen LogP contribution in [0, 0.1) is 29.4 Å². The minimum absolute atomic E-state index is 0.0361. The van der Waals surface area contributed by atoms with E-state index in [1.54, 1.807) is 19.2 Å². The fourth-order valence-electron chi connectivity index (χ4n) is 5.80. The summed E-state index contributed by atoms with van der Waals surface area (Å²) in [6.07, 6.45) is 6.67. The maximum atomic E-state index is 15.9. The molecule has 0 aromatic carbocycles. The number of hydrogen-bond acceptors (Lipinski definition) is 7. The van der Waals surface area contributed by atoms with Crippen LogP contribution in [0.15, 0.2) is 36.0 Å². The van der Waals surface area contributed by atoms with Crippen LogP contribution in [0.4, 0.5) is 14.6 Å². The largest absolute Gasteiger partial charge is 0.466 e. The number of rotatable bonds is 6. The lowest BCUT2D eigenvalue weighted by Gasteiger charge is -2.47. The number of fused-ring (bicyclic) bond motifs is 4. The van der Waals surface area contributed by atoms with Crippen LogP contribution in [-0.4, -0.2) is 38.6 Å². The van der Waals surface area contributed by atoms with Crippen molar-refractivity contribution in [2.75, 3.05) is 11.9 Å². The summed E-state index contributed by atoms with van der Waals surface area (Å²) in [6.45, 7) is 2.10. The van der Waals surface area contributed by atoms with Crippen molar-refractivity contribution in [2.24, 2.45) is 17.8 Å². The molecule has 4 heterocycles. The van der Waals surface area contributed by atoms with E-state index in [1.165, 1.54) is 17.4 Å². The Bertz CT molecular complexity index is 1420. The van der Waals surface area contributed by atoms with E-state index in [0.717, 1.165) is 31.9 Å². The van der Waals surface area contributed by atoms with Gasteiger partial charge in [-0.2, -0.15) is 0 Å². The van der Waals surface area contributed by atoms with Crippen LogP contribution in [0.25, 0.3) is 33.0 Å². The van der Waals surface area contributed by atoms with E-state index in [2.05, 4.69) is 25.3 Å². The smallest absolute Gasteiger partial charge is 0.311 e. The van der Waals surface area contributed by atoms with Gasteiger partial charge in [-0.05, 0) is 62.0 Å². The van der Waals surface area contributed by atoms with Gasteiger partial charge in [-0.15, -0.1) is 11.3 Å². The van der Waals surface area contributed by atoms with Gasteiger partial charge in [0.05, 0.1) is 23.6 Å². The lowest BCUT2D eigenvalue weighted by atomic mass is 9.61. The quantitative estimate of drug-likeness (QED) is 0.319. The van der Waals surface area contributed by atoms with Gasteiger partial charge < -0.3 is 15.0 Å². The van der Waals surface area contributed by atoms with Crippen molar-refractivity contribution in [2.45, 2.75) is 38.6 Å². The molecule has 186 valence electrons. The molecule has 4 aromatic rings. The van der Waals surface area contributed by atoms with Crippen LogP contribution in [-0.2, 0) is 9.53 Å². The molecule has 0 unspecified atom stereocenters. The lowest BCUT2D eigenvalue weighted by Crippen LogP contribution is -2.52. The molecule has 3 saturated carbocycles. The second kappa shape index (κ2) is 9.24. The molecule has 7 rings (SSSR count). The van der Waals surface area contributed by atoms with Crippen LogP contribution < -0.4 is 5.32 Å². The molecular weight excluding hydrogens is 484 g/mol. The van der Waals surface area contributed by atoms with E-state index in [1.807, 2.05) is 11.4 Å². The molecule has 0 aliphatic heterocycles. The number of thiophene rings is 1. The maximum absolute atomic E-state index is 15.9. The fourth-order valence-corrected chi connectivity index (χ4v) is 6.50. The van der Waals surface area contributed by atoms with Crippen molar-refractivity contribution in [3.05, 3.63) is 47.6 Å². The number of aromatic nitrogens is 4.